The number of thiazole rings is 1. The van der Waals surface area contributed by atoms with E-state index < -0.39 is 0 Å². The highest BCUT2D eigenvalue weighted by atomic mass is 32.1. The van der Waals surface area contributed by atoms with Gasteiger partial charge in [-0.1, -0.05) is 38.5 Å². The fraction of sp³-hybridized carbons (Fsp3) is 0.667. The quantitative estimate of drug-likeness (QED) is 0.664. The lowest BCUT2D eigenvalue weighted by Gasteiger charge is -2.04. The van der Waals surface area contributed by atoms with Gasteiger partial charge in [0, 0.05) is 13.1 Å². The molecule has 0 aliphatic heterocycles. The molecule has 0 radical (unpaired) electrons. The normalized spacial score (nSPS) is 10.7. The van der Waals surface area contributed by atoms with Crippen LogP contribution < -0.4 is 16.4 Å². The van der Waals surface area contributed by atoms with Gasteiger partial charge in [-0.25, -0.2) is 4.98 Å². The summed E-state index contributed by atoms with van der Waals surface area (Å²) in [5, 5.41) is 6.73. The van der Waals surface area contributed by atoms with Gasteiger partial charge in [-0.15, -0.1) is 0 Å². The van der Waals surface area contributed by atoms with Gasteiger partial charge in [0.1, 0.15) is 10.7 Å². The summed E-state index contributed by atoms with van der Waals surface area (Å²) in [4.78, 5) is 16.5. The van der Waals surface area contributed by atoms with Gasteiger partial charge in [-0.3, -0.25) is 4.79 Å². The standard InChI is InChI=1S/C12H22N4OS/c1-4-5-6-14-11(17)9-10(13)16-12(18-9)15-7-8(2)3/h8H,4-7,13H2,1-3H3,(H,14,17)(H,15,16). The van der Waals surface area contributed by atoms with E-state index in [-0.39, 0.29) is 5.91 Å². The first-order valence-electron chi connectivity index (χ1n) is 6.33. The van der Waals surface area contributed by atoms with Crippen molar-refractivity contribution in [2.24, 2.45) is 5.92 Å². The first kappa shape index (κ1) is 14.8. The first-order valence-corrected chi connectivity index (χ1v) is 7.14. The molecular formula is C12H22N4OS. The molecule has 0 aromatic carbocycles. The molecule has 0 saturated heterocycles. The number of rotatable bonds is 7. The summed E-state index contributed by atoms with van der Waals surface area (Å²) in [6, 6.07) is 0. The van der Waals surface area contributed by atoms with Crippen LogP contribution in [-0.2, 0) is 0 Å². The molecule has 0 fully saturated rings. The molecule has 0 atom stereocenters. The molecule has 0 spiro atoms. The second-order valence-corrected chi connectivity index (χ2v) is 5.62. The lowest BCUT2D eigenvalue weighted by atomic mass is 10.2. The molecule has 102 valence electrons. The second-order valence-electron chi connectivity index (χ2n) is 4.62. The summed E-state index contributed by atoms with van der Waals surface area (Å²) in [5.74, 6) is 0.702. The lowest BCUT2D eigenvalue weighted by Crippen LogP contribution is -2.24. The summed E-state index contributed by atoms with van der Waals surface area (Å²) in [6.45, 7) is 7.82. The van der Waals surface area contributed by atoms with Crippen LogP contribution in [0.3, 0.4) is 0 Å². The molecular weight excluding hydrogens is 248 g/mol. The molecule has 0 bridgehead atoms. The van der Waals surface area contributed by atoms with Gasteiger partial charge in [0.15, 0.2) is 5.13 Å². The first-order chi connectivity index (χ1) is 8.54. The third-order valence-electron chi connectivity index (χ3n) is 2.34. The average molecular weight is 270 g/mol. The van der Waals surface area contributed by atoms with Crippen molar-refractivity contribution in [3.8, 4) is 0 Å². The summed E-state index contributed by atoms with van der Waals surface area (Å²) < 4.78 is 0. The number of unbranched alkanes of at least 4 members (excludes halogenated alkanes) is 1. The zero-order valence-electron chi connectivity index (χ0n) is 11.2. The van der Waals surface area contributed by atoms with Crippen molar-refractivity contribution in [3.05, 3.63) is 4.88 Å². The molecule has 4 N–H and O–H groups in total. The number of nitrogens with one attached hydrogen (secondary N) is 2. The Labute approximate surface area is 112 Å². The van der Waals surface area contributed by atoms with Crippen LogP contribution in [0.25, 0.3) is 0 Å². The minimum absolute atomic E-state index is 0.129. The Balaban J connectivity index is 2.57. The number of aromatic nitrogens is 1. The number of amides is 1. The highest BCUT2D eigenvalue weighted by Gasteiger charge is 2.15. The summed E-state index contributed by atoms with van der Waals surface area (Å²) in [6.07, 6.45) is 2.03. The highest BCUT2D eigenvalue weighted by Crippen LogP contribution is 2.24. The molecule has 0 aliphatic carbocycles. The molecule has 1 heterocycles. The smallest absolute Gasteiger partial charge is 0.265 e. The molecule has 1 aromatic rings. The highest BCUT2D eigenvalue weighted by molar-refractivity contribution is 7.18. The van der Waals surface area contributed by atoms with E-state index in [1.165, 1.54) is 11.3 Å². The third-order valence-corrected chi connectivity index (χ3v) is 3.36. The number of carbonyl (C=O) groups excluding carboxylic acids is 1. The van der Waals surface area contributed by atoms with Gasteiger partial charge in [0.25, 0.3) is 5.91 Å². The fourth-order valence-corrected chi connectivity index (χ4v) is 2.13. The van der Waals surface area contributed by atoms with Crippen LogP contribution in [0.2, 0.25) is 0 Å². The number of hydrogen-bond donors (Lipinski definition) is 3. The number of nitrogens with two attached hydrogens (primary N) is 1. The predicted molar refractivity (Wildman–Crippen MR) is 77.1 cm³/mol. The average Bonchev–Trinajstić information content (AvgIpc) is 2.68. The van der Waals surface area contributed by atoms with Crippen molar-refractivity contribution in [1.29, 1.82) is 0 Å². The zero-order valence-corrected chi connectivity index (χ0v) is 12.1. The molecule has 1 amide bonds. The maximum Gasteiger partial charge on any atom is 0.265 e. The Morgan fingerprint density at radius 2 is 2.22 bits per heavy atom. The fourth-order valence-electron chi connectivity index (χ4n) is 1.32. The van der Waals surface area contributed by atoms with E-state index in [2.05, 4.69) is 36.4 Å². The monoisotopic (exact) mass is 270 g/mol. The van der Waals surface area contributed by atoms with Gasteiger partial charge >= 0.3 is 0 Å². The molecule has 6 heteroatoms. The van der Waals surface area contributed by atoms with Crippen molar-refractivity contribution in [3.63, 3.8) is 0 Å². The van der Waals surface area contributed by atoms with E-state index in [9.17, 15) is 4.79 Å². The van der Waals surface area contributed by atoms with Crippen molar-refractivity contribution in [2.75, 3.05) is 24.1 Å². The largest absolute Gasteiger partial charge is 0.382 e. The van der Waals surface area contributed by atoms with Gasteiger partial charge in [-0.2, -0.15) is 0 Å². The van der Waals surface area contributed by atoms with Gasteiger partial charge in [0.05, 0.1) is 0 Å². The number of hydrogen-bond acceptors (Lipinski definition) is 5. The molecule has 1 aromatic heterocycles. The second kappa shape index (κ2) is 7.20. The lowest BCUT2D eigenvalue weighted by molar-refractivity contribution is 0.0958. The molecule has 18 heavy (non-hydrogen) atoms. The Hall–Kier alpha value is -1.30. The van der Waals surface area contributed by atoms with Crippen LogP contribution in [0, 0.1) is 5.92 Å². The van der Waals surface area contributed by atoms with E-state index in [1.807, 2.05) is 0 Å². The van der Waals surface area contributed by atoms with E-state index in [0.29, 0.717) is 28.3 Å². The van der Waals surface area contributed by atoms with E-state index >= 15 is 0 Å². The van der Waals surface area contributed by atoms with Crippen molar-refractivity contribution < 1.29 is 4.79 Å². The van der Waals surface area contributed by atoms with Crippen LogP contribution in [0.1, 0.15) is 43.3 Å². The van der Waals surface area contributed by atoms with E-state index in [1.54, 1.807) is 0 Å². The topological polar surface area (TPSA) is 80.0 Å². The maximum absolute atomic E-state index is 11.8. The SMILES string of the molecule is CCCCNC(=O)c1sc(NCC(C)C)nc1N. The Bertz CT molecular complexity index is 389. The number of anilines is 2. The molecule has 1 rings (SSSR count). The Morgan fingerprint density at radius 3 is 2.83 bits per heavy atom. The van der Waals surface area contributed by atoms with E-state index in [0.717, 1.165) is 19.4 Å². The number of nitrogens with zero attached hydrogens (tertiary/aromatic N) is 1. The van der Waals surface area contributed by atoms with Crippen LogP contribution >= 0.6 is 11.3 Å². The van der Waals surface area contributed by atoms with Crippen LogP contribution in [0.5, 0.6) is 0 Å². The molecule has 5 nitrogen and oxygen atoms in total. The van der Waals surface area contributed by atoms with Crippen LogP contribution in [0.15, 0.2) is 0 Å². The molecule has 0 unspecified atom stereocenters. The number of nitrogen functional groups attached to an aromatic ring is 1. The van der Waals surface area contributed by atoms with Crippen LogP contribution in [-0.4, -0.2) is 24.0 Å². The number of carbonyl (C=O) groups is 1. The Morgan fingerprint density at radius 1 is 1.50 bits per heavy atom. The minimum Gasteiger partial charge on any atom is -0.382 e. The van der Waals surface area contributed by atoms with Gasteiger partial charge < -0.3 is 16.4 Å². The summed E-state index contributed by atoms with van der Waals surface area (Å²) in [7, 11) is 0. The van der Waals surface area contributed by atoms with Crippen LogP contribution in [0.4, 0.5) is 10.9 Å². The zero-order chi connectivity index (χ0) is 13.5. The van der Waals surface area contributed by atoms with Gasteiger partial charge in [0.2, 0.25) is 0 Å². The predicted octanol–water partition coefficient (Wildman–Crippen LogP) is 2.32. The minimum atomic E-state index is -0.129. The Kier molecular flexibility index (Phi) is 5.91. The van der Waals surface area contributed by atoms with Crippen molar-refractivity contribution in [1.82, 2.24) is 10.3 Å². The van der Waals surface area contributed by atoms with Crippen molar-refractivity contribution >= 4 is 28.2 Å². The summed E-state index contributed by atoms with van der Waals surface area (Å²) in [5.41, 5.74) is 5.75. The van der Waals surface area contributed by atoms with Crippen molar-refractivity contribution in [2.45, 2.75) is 33.6 Å². The summed E-state index contributed by atoms with van der Waals surface area (Å²) >= 11 is 1.31. The van der Waals surface area contributed by atoms with Gasteiger partial charge in [-0.05, 0) is 12.3 Å². The third kappa shape index (κ3) is 4.52. The molecule has 0 saturated carbocycles. The maximum atomic E-state index is 11.8. The molecule has 0 aliphatic rings. The van der Waals surface area contributed by atoms with E-state index in [4.69, 9.17) is 5.73 Å².